The fraction of sp³-hybridized carbons (Fsp3) is 0.353. The molecule has 2 aromatic rings. The number of oxazole rings is 1. The van der Waals surface area contributed by atoms with Gasteiger partial charge in [0.1, 0.15) is 6.26 Å². The van der Waals surface area contributed by atoms with Gasteiger partial charge in [0.2, 0.25) is 11.8 Å². The molecule has 0 aliphatic heterocycles. The standard InChI is InChI=1S/C17H21N3O2S/c1-9-12(10(2)14(19-6)17(4,5)16(18)21)11(3)23-13(9)15-20-7-8-22-15/h7-8H,2H2,1,3-6H3,(H2,18,21). The quantitative estimate of drug-likeness (QED) is 0.850. The average Bonchev–Trinajstić information content (AvgIpc) is 3.07. The van der Waals surface area contributed by atoms with Crippen LogP contribution >= 0.6 is 11.3 Å². The SMILES string of the molecule is C=C(C(=NC)C(C)(C)C(N)=O)c1c(C)sc(-c2ncco2)c1C. The van der Waals surface area contributed by atoms with Crippen molar-refractivity contribution in [2.75, 3.05) is 7.05 Å². The zero-order chi connectivity index (χ0) is 17.4. The Bertz CT molecular complexity index is 783. The van der Waals surface area contributed by atoms with E-state index in [0.717, 1.165) is 20.9 Å². The number of carbonyl (C=O) groups excluding carboxylic acids is 1. The monoisotopic (exact) mass is 331 g/mol. The normalized spacial score (nSPS) is 12.5. The molecule has 2 N–H and O–H groups in total. The molecule has 1 amide bonds. The van der Waals surface area contributed by atoms with Crippen molar-refractivity contribution in [3.63, 3.8) is 0 Å². The van der Waals surface area contributed by atoms with Crippen LogP contribution in [-0.4, -0.2) is 23.7 Å². The number of rotatable bonds is 5. The minimum absolute atomic E-state index is 0.433. The van der Waals surface area contributed by atoms with Crippen molar-refractivity contribution in [2.45, 2.75) is 27.7 Å². The molecule has 23 heavy (non-hydrogen) atoms. The summed E-state index contributed by atoms with van der Waals surface area (Å²) in [5.41, 5.74) is 7.93. The molecule has 0 aliphatic rings. The highest BCUT2D eigenvalue weighted by Gasteiger charge is 2.34. The van der Waals surface area contributed by atoms with E-state index in [1.54, 1.807) is 44.7 Å². The van der Waals surface area contributed by atoms with Crippen molar-refractivity contribution in [3.8, 4) is 10.8 Å². The van der Waals surface area contributed by atoms with Gasteiger partial charge in [-0.2, -0.15) is 0 Å². The molecule has 0 radical (unpaired) electrons. The lowest BCUT2D eigenvalue weighted by Crippen LogP contribution is -2.39. The summed E-state index contributed by atoms with van der Waals surface area (Å²) in [6, 6.07) is 0. The number of thiophene rings is 1. The smallest absolute Gasteiger partial charge is 0.236 e. The van der Waals surface area contributed by atoms with Crippen LogP contribution in [0.15, 0.2) is 28.4 Å². The van der Waals surface area contributed by atoms with Gasteiger partial charge in [0.15, 0.2) is 0 Å². The summed E-state index contributed by atoms with van der Waals surface area (Å²) in [6.07, 6.45) is 3.17. The molecule has 0 atom stereocenters. The van der Waals surface area contributed by atoms with Crippen molar-refractivity contribution < 1.29 is 9.21 Å². The summed E-state index contributed by atoms with van der Waals surface area (Å²) >= 11 is 1.59. The number of allylic oxidation sites excluding steroid dienone is 1. The number of aryl methyl sites for hydroxylation is 1. The number of hydrogen-bond acceptors (Lipinski definition) is 5. The van der Waals surface area contributed by atoms with Gasteiger partial charge in [0.25, 0.3) is 0 Å². The molecular formula is C17H21N3O2S. The van der Waals surface area contributed by atoms with E-state index >= 15 is 0 Å². The Hall–Kier alpha value is -2.21. The van der Waals surface area contributed by atoms with Gasteiger partial charge in [0, 0.05) is 17.5 Å². The molecule has 0 unspecified atom stereocenters. The summed E-state index contributed by atoms with van der Waals surface area (Å²) in [6.45, 7) is 11.7. The third-order valence-corrected chi connectivity index (χ3v) is 5.16. The topological polar surface area (TPSA) is 81.5 Å². The predicted octanol–water partition coefficient (Wildman–Crippen LogP) is 3.62. The fourth-order valence-electron chi connectivity index (χ4n) is 2.66. The van der Waals surface area contributed by atoms with Crippen molar-refractivity contribution in [2.24, 2.45) is 16.1 Å². The van der Waals surface area contributed by atoms with E-state index in [0.29, 0.717) is 17.2 Å². The van der Waals surface area contributed by atoms with E-state index in [1.165, 1.54) is 0 Å². The largest absolute Gasteiger partial charge is 0.444 e. The molecule has 2 heterocycles. The first-order chi connectivity index (χ1) is 10.7. The first kappa shape index (κ1) is 17.1. The lowest BCUT2D eigenvalue weighted by atomic mass is 9.80. The third-order valence-electron chi connectivity index (χ3n) is 3.97. The summed E-state index contributed by atoms with van der Waals surface area (Å²) in [4.78, 5) is 22.3. The van der Waals surface area contributed by atoms with Gasteiger partial charge in [-0.25, -0.2) is 4.98 Å². The number of nitrogens with two attached hydrogens (primary N) is 1. The zero-order valence-electron chi connectivity index (χ0n) is 14.1. The maximum Gasteiger partial charge on any atom is 0.236 e. The van der Waals surface area contributed by atoms with Gasteiger partial charge >= 0.3 is 0 Å². The predicted molar refractivity (Wildman–Crippen MR) is 94.7 cm³/mol. The van der Waals surface area contributed by atoms with Crippen LogP contribution in [0.1, 0.15) is 29.9 Å². The van der Waals surface area contributed by atoms with Gasteiger partial charge in [-0.05, 0) is 38.8 Å². The average molecular weight is 331 g/mol. The molecule has 0 spiro atoms. The Kier molecular flexibility index (Phi) is 4.56. The minimum atomic E-state index is -0.893. The summed E-state index contributed by atoms with van der Waals surface area (Å²) in [5.74, 6) is 0.150. The molecule has 2 aromatic heterocycles. The first-order valence-electron chi connectivity index (χ1n) is 7.18. The van der Waals surface area contributed by atoms with Crippen LogP contribution in [0.25, 0.3) is 16.3 Å². The van der Waals surface area contributed by atoms with E-state index in [4.69, 9.17) is 10.2 Å². The Morgan fingerprint density at radius 1 is 1.43 bits per heavy atom. The van der Waals surface area contributed by atoms with Crippen LogP contribution in [0.3, 0.4) is 0 Å². The van der Waals surface area contributed by atoms with Crippen LogP contribution in [0.5, 0.6) is 0 Å². The number of carbonyl (C=O) groups is 1. The van der Waals surface area contributed by atoms with Crippen molar-refractivity contribution >= 4 is 28.5 Å². The second-order valence-electron chi connectivity index (χ2n) is 5.86. The molecule has 0 fully saturated rings. The van der Waals surface area contributed by atoms with Gasteiger partial charge in [-0.3, -0.25) is 9.79 Å². The van der Waals surface area contributed by atoms with E-state index in [-0.39, 0.29) is 0 Å². The van der Waals surface area contributed by atoms with Crippen molar-refractivity contribution in [3.05, 3.63) is 35.0 Å². The molecule has 0 bridgehead atoms. The van der Waals surface area contributed by atoms with E-state index < -0.39 is 11.3 Å². The highest BCUT2D eigenvalue weighted by atomic mass is 32.1. The molecule has 5 nitrogen and oxygen atoms in total. The molecule has 2 rings (SSSR count). The van der Waals surface area contributed by atoms with E-state index in [2.05, 4.69) is 16.6 Å². The number of primary amides is 1. The number of hydrogen-bond donors (Lipinski definition) is 1. The minimum Gasteiger partial charge on any atom is -0.444 e. The molecule has 0 aromatic carbocycles. The van der Waals surface area contributed by atoms with Gasteiger partial charge in [0.05, 0.1) is 22.2 Å². The molecule has 0 saturated heterocycles. The molecule has 0 saturated carbocycles. The molecule has 122 valence electrons. The van der Waals surface area contributed by atoms with Crippen molar-refractivity contribution in [1.29, 1.82) is 0 Å². The highest BCUT2D eigenvalue weighted by Crippen LogP contribution is 2.40. The zero-order valence-corrected chi connectivity index (χ0v) is 14.9. The third kappa shape index (κ3) is 2.86. The maximum absolute atomic E-state index is 11.8. The van der Waals surface area contributed by atoms with Crippen LogP contribution in [0, 0.1) is 19.3 Å². The maximum atomic E-state index is 11.8. The second kappa shape index (κ2) is 6.12. The Morgan fingerprint density at radius 2 is 2.09 bits per heavy atom. The Morgan fingerprint density at radius 3 is 2.57 bits per heavy atom. The van der Waals surface area contributed by atoms with E-state index in [1.807, 2.05) is 13.8 Å². The van der Waals surface area contributed by atoms with Crippen LogP contribution in [0.2, 0.25) is 0 Å². The van der Waals surface area contributed by atoms with Gasteiger partial charge in [-0.1, -0.05) is 6.58 Å². The van der Waals surface area contributed by atoms with Crippen molar-refractivity contribution in [1.82, 2.24) is 4.98 Å². The van der Waals surface area contributed by atoms with Crippen LogP contribution in [-0.2, 0) is 4.79 Å². The number of amides is 1. The number of aliphatic imine (C=N–C) groups is 1. The highest BCUT2D eigenvalue weighted by molar-refractivity contribution is 7.15. The molecule has 0 aliphatic carbocycles. The number of nitrogens with zero attached hydrogens (tertiary/aromatic N) is 2. The lowest BCUT2D eigenvalue weighted by molar-refractivity contribution is -0.122. The molecular weight excluding hydrogens is 310 g/mol. The first-order valence-corrected chi connectivity index (χ1v) is 8.00. The Balaban J connectivity index is 2.55. The van der Waals surface area contributed by atoms with Crippen LogP contribution in [0.4, 0.5) is 0 Å². The summed E-state index contributed by atoms with van der Waals surface area (Å²) < 4.78 is 5.41. The summed E-state index contributed by atoms with van der Waals surface area (Å²) in [5, 5.41) is 0. The molecule has 6 heteroatoms. The second-order valence-corrected chi connectivity index (χ2v) is 7.09. The van der Waals surface area contributed by atoms with E-state index in [9.17, 15) is 4.79 Å². The summed E-state index contributed by atoms with van der Waals surface area (Å²) in [7, 11) is 1.65. The van der Waals surface area contributed by atoms with Gasteiger partial charge in [-0.15, -0.1) is 11.3 Å². The fourth-order valence-corrected chi connectivity index (χ4v) is 3.79. The van der Waals surface area contributed by atoms with Crippen LogP contribution < -0.4 is 5.73 Å². The lowest BCUT2D eigenvalue weighted by Gasteiger charge is -2.25. The van der Waals surface area contributed by atoms with Gasteiger partial charge < -0.3 is 10.2 Å². The number of aromatic nitrogens is 1. The Labute approximate surface area is 139 Å².